The van der Waals surface area contributed by atoms with Gasteiger partial charge in [0, 0.05) is 45.8 Å². The van der Waals surface area contributed by atoms with Crippen molar-refractivity contribution >= 4 is 11.7 Å². The quantitative estimate of drug-likeness (QED) is 0.875. The number of urea groups is 1. The Kier molecular flexibility index (Phi) is 6.61. The van der Waals surface area contributed by atoms with Gasteiger partial charge < -0.3 is 24.8 Å². The Morgan fingerprint density at radius 3 is 2.69 bits per heavy atom. The molecule has 0 aliphatic carbocycles. The van der Waals surface area contributed by atoms with Crippen molar-refractivity contribution in [1.29, 1.82) is 0 Å². The average Bonchev–Trinajstić information content (AvgIpc) is 2.68. The van der Waals surface area contributed by atoms with Crippen LogP contribution in [0, 0.1) is 5.92 Å². The Hall–Kier alpha value is -1.95. The minimum atomic E-state index is 0.0646. The first-order valence-electron chi connectivity index (χ1n) is 9.80. The van der Waals surface area contributed by atoms with E-state index in [1.165, 1.54) is 12.8 Å². The molecule has 0 spiro atoms. The monoisotopic (exact) mass is 360 g/mol. The maximum atomic E-state index is 12.4. The number of carbonyl (C=O) groups excluding carboxylic acids is 1. The van der Waals surface area contributed by atoms with Crippen LogP contribution < -0.4 is 15.0 Å². The van der Waals surface area contributed by atoms with Crippen molar-refractivity contribution in [2.24, 2.45) is 5.92 Å². The van der Waals surface area contributed by atoms with Crippen molar-refractivity contribution in [3.05, 3.63) is 24.3 Å². The molecule has 2 heterocycles. The summed E-state index contributed by atoms with van der Waals surface area (Å²) in [5.74, 6) is 1.67. The molecule has 0 bridgehead atoms. The predicted octanol–water partition coefficient (Wildman–Crippen LogP) is 2.26. The predicted molar refractivity (Wildman–Crippen MR) is 105 cm³/mol. The van der Waals surface area contributed by atoms with Crippen molar-refractivity contribution < 1.29 is 9.53 Å². The number of para-hydroxylation sites is 2. The molecule has 6 heteroatoms. The summed E-state index contributed by atoms with van der Waals surface area (Å²) in [5, 5.41) is 3.09. The highest BCUT2D eigenvalue weighted by molar-refractivity contribution is 5.74. The highest BCUT2D eigenvalue weighted by Gasteiger charge is 2.23. The number of hydrogen-bond acceptors (Lipinski definition) is 4. The summed E-state index contributed by atoms with van der Waals surface area (Å²) < 4.78 is 5.45. The molecule has 2 aliphatic heterocycles. The fourth-order valence-corrected chi connectivity index (χ4v) is 3.96. The van der Waals surface area contributed by atoms with E-state index in [0.717, 1.165) is 69.7 Å². The number of anilines is 1. The lowest BCUT2D eigenvalue weighted by Gasteiger charge is -2.36. The number of piperazine rings is 1. The van der Waals surface area contributed by atoms with Crippen LogP contribution in [-0.2, 0) is 0 Å². The minimum Gasteiger partial charge on any atom is -0.495 e. The SMILES string of the molecule is COc1ccccc1N1CCN(C(=O)NCCN2CCCC(C)C2)CC1. The van der Waals surface area contributed by atoms with Gasteiger partial charge in [-0.3, -0.25) is 0 Å². The molecule has 6 nitrogen and oxygen atoms in total. The number of piperidine rings is 1. The first-order chi connectivity index (χ1) is 12.7. The third-order valence-electron chi connectivity index (χ3n) is 5.44. The third kappa shape index (κ3) is 4.81. The number of rotatable bonds is 5. The second-order valence-corrected chi connectivity index (χ2v) is 7.43. The highest BCUT2D eigenvalue weighted by atomic mass is 16.5. The van der Waals surface area contributed by atoms with Crippen LogP contribution in [0.2, 0.25) is 0 Å². The van der Waals surface area contributed by atoms with Crippen LogP contribution in [0.3, 0.4) is 0 Å². The molecule has 3 rings (SSSR count). The molecule has 2 saturated heterocycles. The number of methoxy groups -OCH3 is 1. The molecule has 2 fully saturated rings. The van der Waals surface area contributed by atoms with Crippen LogP contribution in [-0.4, -0.2) is 75.3 Å². The van der Waals surface area contributed by atoms with E-state index >= 15 is 0 Å². The number of nitrogens with zero attached hydrogens (tertiary/aromatic N) is 3. The first-order valence-corrected chi connectivity index (χ1v) is 9.80. The van der Waals surface area contributed by atoms with Gasteiger partial charge in [0.2, 0.25) is 0 Å². The molecule has 26 heavy (non-hydrogen) atoms. The molecule has 0 radical (unpaired) electrons. The van der Waals surface area contributed by atoms with E-state index in [1.54, 1.807) is 7.11 Å². The lowest BCUT2D eigenvalue weighted by molar-refractivity contribution is 0.175. The number of nitrogens with one attached hydrogen (secondary N) is 1. The Bertz CT molecular complexity index is 587. The van der Waals surface area contributed by atoms with Gasteiger partial charge in [0.05, 0.1) is 12.8 Å². The van der Waals surface area contributed by atoms with Gasteiger partial charge in [-0.05, 0) is 37.4 Å². The van der Waals surface area contributed by atoms with E-state index in [9.17, 15) is 4.79 Å². The van der Waals surface area contributed by atoms with Crippen molar-refractivity contribution in [1.82, 2.24) is 15.1 Å². The zero-order valence-corrected chi connectivity index (χ0v) is 16.1. The maximum absolute atomic E-state index is 12.4. The van der Waals surface area contributed by atoms with Gasteiger partial charge in [-0.15, -0.1) is 0 Å². The van der Waals surface area contributed by atoms with Crippen LogP contribution >= 0.6 is 0 Å². The Morgan fingerprint density at radius 2 is 1.96 bits per heavy atom. The van der Waals surface area contributed by atoms with E-state index in [0.29, 0.717) is 0 Å². The zero-order valence-electron chi connectivity index (χ0n) is 16.1. The molecule has 0 aromatic heterocycles. The molecule has 1 N–H and O–H groups in total. The fraction of sp³-hybridized carbons (Fsp3) is 0.650. The second kappa shape index (κ2) is 9.12. The first kappa shape index (κ1) is 18.8. The van der Waals surface area contributed by atoms with Gasteiger partial charge >= 0.3 is 6.03 Å². The van der Waals surface area contributed by atoms with Crippen molar-refractivity contribution in [2.75, 3.05) is 64.4 Å². The van der Waals surface area contributed by atoms with Crippen LogP contribution in [0.4, 0.5) is 10.5 Å². The van der Waals surface area contributed by atoms with Crippen LogP contribution in [0.1, 0.15) is 19.8 Å². The molecule has 2 aliphatic rings. The summed E-state index contributed by atoms with van der Waals surface area (Å²) in [5.41, 5.74) is 1.11. The second-order valence-electron chi connectivity index (χ2n) is 7.43. The summed E-state index contributed by atoms with van der Waals surface area (Å²) in [6.45, 7) is 9.47. The molecule has 2 amide bonds. The van der Waals surface area contributed by atoms with Crippen LogP contribution in [0.15, 0.2) is 24.3 Å². The summed E-state index contributed by atoms with van der Waals surface area (Å²) in [4.78, 5) is 19.1. The molecular weight excluding hydrogens is 328 g/mol. The Balaban J connectivity index is 1.41. The lowest BCUT2D eigenvalue weighted by Crippen LogP contribution is -2.52. The molecule has 1 aromatic carbocycles. The largest absolute Gasteiger partial charge is 0.495 e. The Morgan fingerprint density at radius 1 is 1.19 bits per heavy atom. The standard InChI is InChI=1S/C20H32N4O2/c1-17-6-5-10-22(16-17)11-9-21-20(25)24-14-12-23(13-15-24)18-7-3-4-8-19(18)26-2/h3-4,7-8,17H,5-6,9-16H2,1-2H3,(H,21,25). The molecule has 1 atom stereocenters. The molecule has 0 saturated carbocycles. The van der Waals surface area contributed by atoms with E-state index in [4.69, 9.17) is 4.74 Å². The van der Waals surface area contributed by atoms with Crippen molar-refractivity contribution in [3.63, 3.8) is 0 Å². The summed E-state index contributed by atoms with van der Waals surface area (Å²) in [6.07, 6.45) is 2.61. The summed E-state index contributed by atoms with van der Waals surface area (Å²) >= 11 is 0. The van der Waals surface area contributed by atoms with Gasteiger partial charge in [0.1, 0.15) is 5.75 Å². The number of hydrogen-bond donors (Lipinski definition) is 1. The van der Waals surface area contributed by atoms with Crippen LogP contribution in [0.25, 0.3) is 0 Å². The van der Waals surface area contributed by atoms with E-state index < -0.39 is 0 Å². The molecule has 1 aromatic rings. The minimum absolute atomic E-state index is 0.0646. The van der Waals surface area contributed by atoms with Crippen LogP contribution in [0.5, 0.6) is 5.75 Å². The van der Waals surface area contributed by atoms with Gasteiger partial charge in [-0.25, -0.2) is 4.79 Å². The summed E-state index contributed by atoms with van der Waals surface area (Å²) in [6, 6.07) is 8.13. The number of benzene rings is 1. The smallest absolute Gasteiger partial charge is 0.317 e. The normalized spacial score (nSPS) is 21.5. The number of amides is 2. The topological polar surface area (TPSA) is 48.1 Å². The molecular formula is C20H32N4O2. The van der Waals surface area contributed by atoms with E-state index in [1.807, 2.05) is 23.1 Å². The van der Waals surface area contributed by atoms with Gasteiger partial charge in [-0.2, -0.15) is 0 Å². The van der Waals surface area contributed by atoms with E-state index in [-0.39, 0.29) is 6.03 Å². The van der Waals surface area contributed by atoms with Gasteiger partial charge in [0.15, 0.2) is 0 Å². The highest BCUT2D eigenvalue weighted by Crippen LogP contribution is 2.28. The van der Waals surface area contributed by atoms with Gasteiger partial charge in [0.25, 0.3) is 0 Å². The third-order valence-corrected chi connectivity index (χ3v) is 5.44. The maximum Gasteiger partial charge on any atom is 0.317 e. The van der Waals surface area contributed by atoms with Crippen molar-refractivity contribution in [3.8, 4) is 5.75 Å². The molecule has 144 valence electrons. The Labute approximate surface area is 157 Å². The van der Waals surface area contributed by atoms with Crippen molar-refractivity contribution in [2.45, 2.75) is 19.8 Å². The number of likely N-dealkylation sites (tertiary alicyclic amines) is 1. The summed E-state index contributed by atoms with van der Waals surface area (Å²) in [7, 11) is 1.70. The van der Waals surface area contributed by atoms with E-state index in [2.05, 4.69) is 28.1 Å². The molecule has 1 unspecified atom stereocenters. The van der Waals surface area contributed by atoms with Gasteiger partial charge in [-0.1, -0.05) is 19.1 Å². The number of carbonyl (C=O) groups is 1. The average molecular weight is 361 g/mol. The fourth-order valence-electron chi connectivity index (χ4n) is 3.96. The number of ether oxygens (including phenoxy) is 1. The lowest BCUT2D eigenvalue weighted by atomic mass is 10.0. The zero-order chi connectivity index (χ0) is 18.4.